The number of nitrogens with one attached hydrogen (secondary N) is 2. The zero-order valence-corrected chi connectivity index (χ0v) is 46.1. The number of nitrogens with two attached hydrogens (primary N) is 1. The van der Waals surface area contributed by atoms with Crippen LogP contribution in [0.15, 0.2) is 171 Å². The SMILES string of the molecule is Cc1cccc(-c2nc(CN(I)Cc3ccccc3-c3ccc(F)cc3)[nH]c2-c2cc(-c3cc(C)nc(-c4nc(CN(I)Cc5ccccc5-c5cccc(CN)c5)[nH]c4-c4ccc5ncnn5c4)c3)c3ncnn3c2)n1. The molecular weight excluding hydrogens is 1190 g/mol. The normalized spacial score (nSPS) is 11.7. The van der Waals surface area contributed by atoms with Crippen molar-refractivity contribution >= 4 is 57.0 Å². The first-order valence-electron chi connectivity index (χ1n) is 24.9. The second kappa shape index (κ2) is 21.6. The van der Waals surface area contributed by atoms with E-state index in [-0.39, 0.29) is 5.82 Å². The maximum Gasteiger partial charge on any atom is 0.163 e. The summed E-state index contributed by atoms with van der Waals surface area (Å²) in [5.41, 5.74) is 24.7. The number of hydrogen-bond acceptors (Lipinski definition) is 11. The van der Waals surface area contributed by atoms with E-state index in [0.717, 1.165) is 101 Å². The second-order valence-corrected chi connectivity index (χ2v) is 21.5. The molecule has 0 atom stereocenters. The molecule has 0 bridgehead atoms. The number of rotatable bonds is 16. The van der Waals surface area contributed by atoms with E-state index < -0.39 is 0 Å². The van der Waals surface area contributed by atoms with Crippen molar-refractivity contribution in [3.8, 4) is 78.7 Å². The number of imidazole rings is 2. The molecule has 0 amide bonds. The molecule has 15 nitrogen and oxygen atoms in total. The van der Waals surface area contributed by atoms with Gasteiger partial charge in [-0.15, -0.1) is 0 Å². The summed E-state index contributed by atoms with van der Waals surface area (Å²) in [4.78, 5) is 37.3. The van der Waals surface area contributed by atoms with E-state index in [9.17, 15) is 4.39 Å². The van der Waals surface area contributed by atoms with Crippen LogP contribution in [0.3, 0.4) is 0 Å². The van der Waals surface area contributed by atoms with Crippen LogP contribution in [0, 0.1) is 19.7 Å². The van der Waals surface area contributed by atoms with Crippen molar-refractivity contribution in [1.82, 2.24) is 65.3 Å². The lowest BCUT2D eigenvalue weighted by Gasteiger charge is -2.16. The Morgan fingerprint density at radius 1 is 0.519 bits per heavy atom. The van der Waals surface area contributed by atoms with E-state index in [4.69, 9.17) is 30.7 Å². The van der Waals surface area contributed by atoms with Crippen LogP contribution in [0.4, 0.5) is 4.39 Å². The number of benzene rings is 4. The summed E-state index contributed by atoms with van der Waals surface area (Å²) in [6.45, 7) is 6.75. The van der Waals surface area contributed by atoms with Gasteiger partial charge in [0.1, 0.15) is 41.5 Å². The van der Waals surface area contributed by atoms with E-state index in [1.54, 1.807) is 21.7 Å². The maximum absolute atomic E-state index is 13.9. The molecule has 380 valence electrons. The van der Waals surface area contributed by atoms with Crippen molar-refractivity contribution in [2.24, 2.45) is 5.73 Å². The molecule has 0 aliphatic rings. The largest absolute Gasteiger partial charge is 0.340 e. The van der Waals surface area contributed by atoms with Crippen LogP contribution >= 0.6 is 45.7 Å². The van der Waals surface area contributed by atoms with Gasteiger partial charge in [-0.2, -0.15) is 10.2 Å². The average Bonchev–Trinajstić information content (AvgIpc) is 4.34. The summed E-state index contributed by atoms with van der Waals surface area (Å²) in [6, 6.07) is 48.0. The molecule has 0 saturated carbocycles. The van der Waals surface area contributed by atoms with Gasteiger partial charge in [0.05, 0.1) is 35.9 Å². The summed E-state index contributed by atoms with van der Waals surface area (Å²) in [5.74, 6) is 1.26. The van der Waals surface area contributed by atoms with Gasteiger partial charge >= 0.3 is 0 Å². The average molecular weight is 1240 g/mol. The minimum atomic E-state index is -0.263. The molecule has 8 heterocycles. The first-order valence-corrected chi connectivity index (χ1v) is 26.8. The van der Waals surface area contributed by atoms with E-state index >= 15 is 0 Å². The van der Waals surface area contributed by atoms with Crippen LogP contribution in [0.1, 0.15) is 39.7 Å². The molecule has 0 aliphatic heterocycles. The van der Waals surface area contributed by atoms with Crippen LogP contribution in [0.25, 0.3) is 90.0 Å². The number of fused-ring (bicyclic) bond motifs is 2. The Morgan fingerprint density at radius 3 is 1.87 bits per heavy atom. The Balaban J connectivity index is 0.904. The maximum atomic E-state index is 13.9. The van der Waals surface area contributed by atoms with Crippen molar-refractivity contribution in [2.45, 2.75) is 46.6 Å². The monoisotopic (exact) mass is 1240 g/mol. The molecule has 0 spiro atoms. The molecule has 8 aromatic heterocycles. The van der Waals surface area contributed by atoms with Crippen molar-refractivity contribution in [3.63, 3.8) is 0 Å². The highest BCUT2D eigenvalue weighted by atomic mass is 127. The van der Waals surface area contributed by atoms with Gasteiger partial charge in [-0.05, 0) is 119 Å². The zero-order chi connectivity index (χ0) is 52.6. The van der Waals surface area contributed by atoms with E-state index in [2.05, 4.69) is 156 Å². The number of pyridine rings is 4. The van der Waals surface area contributed by atoms with E-state index in [1.807, 2.05) is 80.8 Å². The van der Waals surface area contributed by atoms with Gasteiger partial charge in [-0.1, -0.05) is 84.9 Å². The lowest BCUT2D eigenvalue weighted by Crippen LogP contribution is -2.12. The number of aromatic nitrogens is 12. The molecule has 18 heteroatoms. The standard InChI is InChI=1S/C59H48FI2N15/c1-36-9-7-16-50(68-36)57-56(71-53(72-57)33-74(61)28-41-11-3-5-14-47(41)39-17-20-46(60)21-18-39)45-25-49(59-65-35-67-77(59)31-45)44-23-37(2)69-51(26-44)58-55(43-19-22-54-64-34-66-76(54)30-43)70-52(73-58)32-75(62)29-42-12-4-6-15-48(42)40-13-8-10-38(24-40)27-63/h3-26,30-31,34-35H,27-29,32-33,63H2,1-2H3,(H,70,73)(H,71,72). The highest BCUT2D eigenvalue weighted by Gasteiger charge is 2.23. The van der Waals surface area contributed by atoms with Crippen molar-refractivity contribution in [2.75, 3.05) is 0 Å². The predicted octanol–water partition coefficient (Wildman–Crippen LogP) is 12.6. The molecule has 0 aliphatic carbocycles. The first-order chi connectivity index (χ1) is 37.6. The number of aryl methyl sites for hydroxylation is 2. The topological polar surface area (TPSA) is 176 Å². The molecule has 12 rings (SSSR count). The molecule has 0 saturated heterocycles. The number of H-pyrrole nitrogens is 2. The number of hydrogen-bond donors (Lipinski definition) is 3. The molecule has 77 heavy (non-hydrogen) atoms. The molecule has 0 unspecified atom stereocenters. The minimum Gasteiger partial charge on any atom is -0.340 e. The van der Waals surface area contributed by atoms with Gasteiger partial charge in [0.15, 0.2) is 11.3 Å². The molecule has 0 radical (unpaired) electrons. The Hall–Kier alpha value is -7.89. The van der Waals surface area contributed by atoms with Crippen LogP contribution in [0.5, 0.6) is 0 Å². The van der Waals surface area contributed by atoms with E-state index in [0.29, 0.717) is 55.5 Å². The Labute approximate surface area is 470 Å². The Bertz CT molecular complexity index is 4110. The summed E-state index contributed by atoms with van der Waals surface area (Å²) in [7, 11) is 0. The quantitative estimate of drug-likeness (QED) is 0.0620. The number of halogens is 3. The number of aromatic amines is 2. The Kier molecular flexibility index (Phi) is 14.0. The first kappa shape index (κ1) is 50.0. The summed E-state index contributed by atoms with van der Waals surface area (Å²) < 4.78 is 21.9. The molecule has 12 aromatic rings. The van der Waals surface area contributed by atoms with Crippen LogP contribution in [0.2, 0.25) is 0 Å². The molecule has 4 aromatic carbocycles. The van der Waals surface area contributed by atoms with Gasteiger partial charge < -0.3 is 15.7 Å². The third-order valence-corrected chi connectivity index (χ3v) is 14.7. The third-order valence-electron chi connectivity index (χ3n) is 13.4. The fraction of sp³-hybridized carbons (Fsp3) is 0.119. The van der Waals surface area contributed by atoms with Gasteiger partial charge in [-0.3, -0.25) is 9.97 Å². The lowest BCUT2D eigenvalue weighted by molar-refractivity contribution is 0.490. The number of nitrogens with zero attached hydrogens (tertiary/aromatic N) is 12. The molecule has 0 fully saturated rings. The third kappa shape index (κ3) is 10.7. The van der Waals surface area contributed by atoms with Gasteiger partial charge in [0.25, 0.3) is 0 Å². The fourth-order valence-corrected chi connectivity index (χ4v) is 11.2. The van der Waals surface area contributed by atoms with Crippen LogP contribution in [-0.4, -0.2) is 65.3 Å². The highest BCUT2D eigenvalue weighted by Crippen LogP contribution is 2.38. The van der Waals surface area contributed by atoms with Gasteiger partial charge in [0.2, 0.25) is 0 Å². The molecular formula is C59H48FI2N15. The summed E-state index contributed by atoms with van der Waals surface area (Å²) in [6.07, 6.45) is 7.05. The van der Waals surface area contributed by atoms with E-state index in [1.165, 1.54) is 17.7 Å². The van der Waals surface area contributed by atoms with Crippen molar-refractivity contribution in [1.29, 1.82) is 0 Å². The summed E-state index contributed by atoms with van der Waals surface area (Å²) >= 11 is 4.75. The lowest BCUT2D eigenvalue weighted by atomic mass is 9.98. The van der Waals surface area contributed by atoms with Gasteiger partial charge in [-0.25, -0.2) is 39.6 Å². The van der Waals surface area contributed by atoms with Crippen molar-refractivity contribution < 1.29 is 4.39 Å². The Morgan fingerprint density at radius 2 is 1.14 bits per heavy atom. The highest BCUT2D eigenvalue weighted by molar-refractivity contribution is 14.1. The van der Waals surface area contributed by atoms with Crippen LogP contribution < -0.4 is 5.73 Å². The van der Waals surface area contributed by atoms with Gasteiger partial charge in [0, 0.05) is 106 Å². The second-order valence-electron chi connectivity index (χ2n) is 18.8. The zero-order valence-electron chi connectivity index (χ0n) is 41.8. The fourth-order valence-electron chi connectivity index (χ4n) is 9.82. The molecule has 4 N–H and O–H groups in total. The summed E-state index contributed by atoms with van der Waals surface area (Å²) in [5, 5.41) is 9.14. The predicted molar refractivity (Wildman–Crippen MR) is 314 cm³/mol. The smallest absolute Gasteiger partial charge is 0.163 e. The van der Waals surface area contributed by atoms with Crippen molar-refractivity contribution in [3.05, 3.63) is 216 Å². The van der Waals surface area contributed by atoms with Crippen LogP contribution in [-0.2, 0) is 32.7 Å². The minimum absolute atomic E-state index is 0.263.